The fourth-order valence-corrected chi connectivity index (χ4v) is 3.29. The van der Waals surface area contributed by atoms with Crippen LogP contribution in [0.2, 0.25) is 10.0 Å². The molecule has 2 aromatic carbocycles. The van der Waals surface area contributed by atoms with E-state index in [2.05, 4.69) is 9.97 Å². The van der Waals surface area contributed by atoms with Crippen molar-refractivity contribution in [2.24, 2.45) is 11.6 Å². The first-order valence-electron chi connectivity index (χ1n) is 8.12. The highest BCUT2D eigenvalue weighted by Crippen LogP contribution is 2.30. The number of fused-ring (bicyclic) bond motifs is 3. The van der Waals surface area contributed by atoms with E-state index in [1.165, 1.54) is 12.1 Å². The molecule has 0 radical (unpaired) electrons. The SMILES string of the molecule is NC(=O)c1cc2c([nH]c3ccccc32)c(C(=O)N(N)c2ccc(Cl)c(Cl)c2)n1. The summed E-state index contributed by atoms with van der Waals surface area (Å²) in [6, 6.07) is 13.5. The van der Waals surface area contributed by atoms with Crippen LogP contribution in [0.5, 0.6) is 0 Å². The van der Waals surface area contributed by atoms with Crippen LogP contribution in [0.4, 0.5) is 5.69 Å². The Morgan fingerprint density at radius 2 is 1.75 bits per heavy atom. The van der Waals surface area contributed by atoms with E-state index in [0.29, 0.717) is 21.6 Å². The molecule has 0 atom stereocenters. The maximum absolute atomic E-state index is 13.1. The molecule has 140 valence electrons. The number of anilines is 1. The second-order valence-corrected chi connectivity index (χ2v) is 6.90. The lowest BCUT2D eigenvalue weighted by Crippen LogP contribution is -2.38. The van der Waals surface area contributed by atoms with Gasteiger partial charge in [-0.2, -0.15) is 0 Å². The first-order chi connectivity index (χ1) is 13.4. The molecule has 0 spiro atoms. The maximum atomic E-state index is 13.1. The van der Waals surface area contributed by atoms with Gasteiger partial charge in [-0.05, 0) is 30.3 Å². The van der Waals surface area contributed by atoms with Gasteiger partial charge in [0, 0.05) is 16.3 Å². The summed E-state index contributed by atoms with van der Waals surface area (Å²) in [6.07, 6.45) is 0. The number of primary amides is 1. The van der Waals surface area contributed by atoms with Gasteiger partial charge in [0.05, 0.1) is 21.2 Å². The van der Waals surface area contributed by atoms with Crippen molar-refractivity contribution < 1.29 is 9.59 Å². The topological polar surface area (TPSA) is 118 Å². The van der Waals surface area contributed by atoms with Gasteiger partial charge in [0.1, 0.15) is 5.69 Å². The molecule has 2 heterocycles. The lowest BCUT2D eigenvalue weighted by atomic mass is 10.1. The van der Waals surface area contributed by atoms with E-state index in [0.717, 1.165) is 15.9 Å². The Labute approximate surface area is 168 Å². The molecule has 0 bridgehead atoms. The van der Waals surface area contributed by atoms with Gasteiger partial charge in [0.2, 0.25) is 0 Å². The summed E-state index contributed by atoms with van der Waals surface area (Å²) in [5.74, 6) is 4.62. The number of amides is 2. The minimum atomic E-state index is -0.751. The van der Waals surface area contributed by atoms with Crippen molar-refractivity contribution in [3.63, 3.8) is 0 Å². The van der Waals surface area contributed by atoms with Gasteiger partial charge < -0.3 is 10.7 Å². The second kappa shape index (κ2) is 6.79. The van der Waals surface area contributed by atoms with E-state index in [4.69, 9.17) is 34.8 Å². The van der Waals surface area contributed by atoms with Crippen LogP contribution in [0.1, 0.15) is 21.0 Å². The number of H-pyrrole nitrogens is 1. The van der Waals surface area contributed by atoms with Crippen molar-refractivity contribution in [3.05, 3.63) is 70.0 Å². The molecule has 0 aliphatic heterocycles. The molecule has 28 heavy (non-hydrogen) atoms. The van der Waals surface area contributed by atoms with Crippen molar-refractivity contribution in [1.82, 2.24) is 9.97 Å². The molecule has 2 aromatic heterocycles. The minimum absolute atomic E-state index is 0.0314. The van der Waals surface area contributed by atoms with Gasteiger partial charge in [-0.25, -0.2) is 15.8 Å². The van der Waals surface area contributed by atoms with Crippen molar-refractivity contribution in [2.75, 3.05) is 5.01 Å². The number of hydrogen-bond acceptors (Lipinski definition) is 4. The highest BCUT2D eigenvalue weighted by atomic mass is 35.5. The van der Waals surface area contributed by atoms with Gasteiger partial charge in [0.15, 0.2) is 5.69 Å². The van der Waals surface area contributed by atoms with Gasteiger partial charge >= 0.3 is 0 Å². The summed E-state index contributed by atoms with van der Waals surface area (Å²) in [5, 5.41) is 2.94. The number of nitrogens with one attached hydrogen (secondary N) is 1. The second-order valence-electron chi connectivity index (χ2n) is 6.09. The monoisotopic (exact) mass is 413 g/mol. The van der Waals surface area contributed by atoms with Crippen LogP contribution in [0.25, 0.3) is 21.8 Å². The van der Waals surface area contributed by atoms with Crippen LogP contribution < -0.4 is 16.6 Å². The molecular formula is C19H13Cl2N5O2. The van der Waals surface area contributed by atoms with Crippen LogP contribution in [0, 0.1) is 0 Å². The first kappa shape index (κ1) is 18.2. The number of nitrogens with zero attached hydrogens (tertiary/aromatic N) is 2. The van der Waals surface area contributed by atoms with Crippen molar-refractivity contribution in [2.45, 2.75) is 0 Å². The van der Waals surface area contributed by atoms with Gasteiger partial charge in [-0.15, -0.1) is 0 Å². The van der Waals surface area contributed by atoms with Gasteiger partial charge in [-0.3, -0.25) is 9.59 Å². The molecule has 7 nitrogen and oxygen atoms in total. The molecule has 0 saturated carbocycles. The molecule has 0 aliphatic carbocycles. The zero-order chi connectivity index (χ0) is 20.0. The summed E-state index contributed by atoms with van der Waals surface area (Å²) < 4.78 is 0. The molecule has 0 fully saturated rings. The quantitative estimate of drug-likeness (QED) is 0.269. The third-order valence-electron chi connectivity index (χ3n) is 4.35. The highest BCUT2D eigenvalue weighted by molar-refractivity contribution is 6.42. The molecule has 4 aromatic rings. The number of hydrogen-bond donors (Lipinski definition) is 3. The number of halogens is 2. The Morgan fingerprint density at radius 3 is 2.46 bits per heavy atom. The number of aromatic nitrogens is 2. The number of carbonyl (C=O) groups is 2. The number of rotatable bonds is 3. The number of hydrazine groups is 1. The number of aromatic amines is 1. The van der Waals surface area contributed by atoms with Crippen molar-refractivity contribution >= 4 is 62.5 Å². The van der Waals surface area contributed by atoms with Gasteiger partial charge in [-0.1, -0.05) is 41.4 Å². The lowest BCUT2D eigenvalue weighted by molar-refractivity contribution is 0.0983. The Morgan fingerprint density at radius 1 is 1.00 bits per heavy atom. The molecule has 2 amide bonds. The van der Waals surface area contributed by atoms with Crippen LogP contribution in [-0.4, -0.2) is 21.8 Å². The number of carbonyl (C=O) groups excluding carboxylic acids is 2. The fraction of sp³-hybridized carbons (Fsp3) is 0. The average molecular weight is 414 g/mol. The predicted molar refractivity (Wildman–Crippen MR) is 110 cm³/mol. The Hall–Kier alpha value is -3.13. The third kappa shape index (κ3) is 2.95. The highest BCUT2D eigenvalue weighted by Gasteiger charge is 2.23. The lowest BCUT2D eigenvalue weighted by Gasteiger charge is -2.17. The number of nitrogens with two attached hydrogens (primary N) is 2. The molecular weight excluding hydrogens is 401 g/mol. The smallest absolute Gasteiger partial charge is 0.293 e. The molecule has 0 saturated heterocycles. The molecule has 0 aliphatic rings. The summed E-state index contributed by atoms with van der Waals surface area (Å²) >= 11 is 11.9. The maximum Gasteiger partial charge on any atom is 0.293 e. The fourth-order valence-electron chi connectivity index (χ4n) is 2.99. The normalized spacial score (nSPS) is 11.1. The Balaban J connectivity index is 1.92. The summed E-state index contributed by atoms with van der Waals surface area (Å²) in [5.41, 5.74) is 6.89. The molecule has 0 unspecified atom stereocenters. The predicted octanol–water partition coefficient (Wildman–Crippen LogP) is 3.64. The number of pyridine rings is 1. The van der Waals surface area contributed by atoms with Crippen molar-refractivity contribution in [1.29, 1.82) is 0 Å². The first-order valence-corrected chi connectivity index (χ1v) is 8.88. The largest absolute Gasteiger partial charge is 0.364 e. The van der Waals surface area contributed by atoms with Crippen molar-refractivity contribution in [3.8, 4) is 0 Å². The number of benzene rings is 2. The average Bonchev–Trinajstić information content (AvgIpc) is 3.07. The Bertz CT molecular complexity index is 1270. The van der Waals surface area contributed by atoms with E-state index >= 15 is 0 Å². The van der Waals surface area contributed by atoms with E-state index in [9.17, 15) is 9.59 Å². The summed E-state index contributed by atoms with van der Waals surface area (Å²) in [7, 11) is 0. The molecule has 9 heteroatoms. The van der Waals surface area contributed by atoms with E-state index in [-0.39, 0.29) is 16.4 Å². The Kier molecular flexibility index (Phi) is 4.43. The van der Waals surface area contributed by atoms with Crippen LogP contribution in [-0.2, 0) is 0 Å². The zero-order valence-corrected chi connectivity index (χ0v) is 15.8. The van der Waals surface area contributed by atoms with Crippen LogP contribution >= 0.6 is 23.2 Å². The zero-order valence-electron chi connectivity index (χ0n) is 14.2. The van der Waals surface area contributed by atoms with E-state index in [1.807, 2.05) is 24.3 Å². The summed E-state index contributed by atoms with van der Waals surface area (Å²) in [6.45, 7) is 0. The molecule has 4 rings (SSSR count). The van der Waals surface area contributed by atoms with Gasteiger partial charge in [0.25, 0.3) is 11.8 Å². The minimum Gasteiger partial charge on any atom is -0.364 e. The van der Waals surface area contributed by atoms with E-state index in [1.54, 1.807) is 12.1 Å². The third-order valence-corrected chi connectivity index (χ3v) is 5.09. The number of para-hydroxylation sites is 1. The van der Waals surface area contributed by atoms with Crippen LogP contribution in [0.15, 0.2) is 48.5 Å². The van der Waals surface area contributed by atoms with Crippen LogP contribution in [0.3, 0.4) is 0 Å². The standard InChI is InChI=1S/C19H13Cl2N5O2/c20-12-6-5-9(7-13(12)21)26(23)19(28)17-16-11(8-15(25-17)18(22)27)10-3-1-2-4-14(10)24-16/h1-8,24H,23H2,(H2,22,27). The molecule has 5 N–H and O–H groups in total. The van der Waals surface area contributed by atoms with E-state index < -0.39 is 11.8 Å². The summed E-state index contributed by atoms with van der Waals surface area (Å²) in [4.78, 5) is 32.2.